The Labute approximate surface area is 166 Å². The van der Waals surface area contributed by atoms with Crippen LogP contribution in [-0.4, -0.2) is 33.0 Å². The molecule has 1 aromatic carbocycles. The van der Waals surface area contributed by atoms with Gasteiger partial charge in [-0.25, -0.2) is 13.2 Å². The van der Waals surface area contributed by atoms with Gasteiger partial charge in [-0.1, -0.05) is 0 Å². The second-order valence-electron chi connectivity index (χ2n) is 4.95. The Kier molecular flexibility index (Phi) is 15.0. The standard InChI is InChI=1S/C11H14F3O3P.C6H15O3P/c1-3-16-18(15,17-4-2)7-8-5-9(12)11(14)10(13)6-8;1-4-7-10(8-5-2)9-6-3/h5-6H,3-4,7H2,1-2H3;4-6H2,1-3H3. The average molecular weight is 448 g/mol. The largest absolute Gasteiger partial charge is 0.335 e. The van der Waals surface area contributed by atoms with E-state index in [1.165, 1.54) is 0 Å². The molecule has 1 rings (SSSR count). The van der Waals surface area contributed by atoms with E-state index in [-0.39, 0.29) is 24.9 Å². The maximum atomic E-state index is 13.0. The van der Waals surface area contributed by atoms with Crippen LogP contribution in [0.5, 0.6) is 0 Å². The van der Waals surface area contributed by atoms with Gasteiger partial charge in [-0.05, 0) is 52.3 Å². The van der Waals surface area contributed by atoms with Crippen LogP contribution in [0.25, 0.3) is 0 Å². The highest BCUT2D eigenvalue weighted by molar-refractivity contribution is 7.53. The summed E-state index contributed by atoms with van der Waals surface area (Å²) in [5.41, 5.74) is 0.0247. The Hall–Kier alpha value is -0.530. The molecule has 0 radical (unpaired) electrons. The fourth-order valence-corrected chi connectivity index (χ4v) is 4.40. The topological polar surface area (TPSA) is 63.2 Å². The molecule has 0 bridgehead atoms. The lowest BCUT2D eigenvalue weighted by molar-refractivity contribution is 0.176. The van der Waals surface area contributed by atoms with E-state index in [1.54, 1.807) is 13.8 Å². The minimum absolute atomic E-state index is 0.0247. The summed E-state index contributed by atoms with van der Waals surface area (Å²) >= 11 is 0. The van der Waals surface area contributed by atoms with Crippen molar-refractivity contribution in [1.29, 1.82) is 0 Å². The lowest BCUT2D eigenvalue weighted by atomic mass is 10.2. The average Bonchev–Trinajstić information content (AvgIpc) is 2.61. The van der Waals surface area contributed by atoms with Gasteiger partial charge in [0.15, 0.2) is 17.5 Å². The molecule has 11 heteroatoms. The van der Waals surface area contributed by atoms with Crippen molar-refractivity contribution in [3.8, 4) is 0 Å². The number of halogens is 3. The highest BCUT2D eigenvalue weighted by Crippen LogP contribution is 2.51. The molecule has 0 aromatic heterocycles. The molecule has 0 amide bonds. The van der Waals surface area contributed by atoms with Gasteiger partial charge in [0.05, 0.1) is 39.2 Å². The zero-order chi connectivity index (χ0) is 21.6. The number of rotatable bonds is 12. The number of hydrogen-bond donors (Lipinski definition) is 0. The van der Waals surface area contributed by atoms with Crippen LogP contribution in [0.3, 0.4) is 0 Å². The molecular formula is C17H29F3O6P2. The monoisotopic (exact) mass is 448 g/mol. The molecule has 0 saturated carbocycles. The van der Waals surface area contributed by atoms with Crippen molar-refractivity contribution in [3.63, 3.8) is 0 Å². The predicted molar refractivity (Wildman–Crippen MR) is 103 cm³/mol. The molecule has 0 aliphatic rings. The Balaban J connectivity index is 0.000000621. The van der Waals surface area contributed by atoms with Crippen LogP contribution in [0.2, 0.25) is 0 Å². The zero-order valence-electron chi connectivity index (χ0n) is 16.9. The van der Waals surface area contributed by atoms with Crippen LogP contribution in [0, 0.1) is 17.5 Å². The smallest absolute Gasteiger partial charge is 0.313 e. The van der Waals surface area contributed by atoms with Crippen molar-refractivity contribution in [2.24, 2.45) is 0 Å². The first-order valence-electron chi connectivity index (χ1n) is 8.97. The summed E-state index contributed by atoms with van der Waals surface area (Å²) in [6.45, 7) is 11.2. The fraction of sp³-hybridized carbons (Fsp3) is 0.647. The van der Waals surface area contributed by atoms with Crippen molar-refractivity contribution >= 4 is 16.2 Å². The molecule has 6 nitrogen and oxygen atoms in total. The van der Waals surface area contributed by atoms with E-state index < -0.39 is 33.6 Å². The Bertz CT molecular complexity index is 559. The van der Waals surface area contributed by atoms with Gasteiger partial charge in [0.25, 0.3) is 0 Å². The SMILES string of the molecule is CCOP(=O)(Cc1cc(F)c(F)c(F)c1)OCC.CCOP(OCC)OCC. The van der Waals surface area contributed by atoms with Crippen molar-refractivity contribution in [2.45, 2.75) is 40.8 Å². The van der Waals surface area contributed by atoms with Crippen LogP contribution in [0.1, 0.15) is 40.2 Å². The molecule has 0 unspecified atom stereocenters. The first kappa shape index (κ1) is 27.5. The zero-order valence-corrected chi connectivity index (χ0v) is 18.7. The van der Waals surface area contributed by atoms with Crippen LogP contribution in [0.15, 0.2) is 12.1 Å². The lowest BCUT2D eigenvalue weighted by Gasteiger charge is -2.17. The third-order valence-corrected chi connectivity index (χ3v) is 6.24. The molecule has 164 valence electrons. The van der Waals surface area contributed by atoms with Crippen LogP contribution >= 0.6 is 16.2 Å². The van der Waals surface area contributed by atoms with Gasteiger partial charge in [-0.2, -0.15) is 0 Å². The van der Waals surface area contributed by atoms with Crippen LogP contribution in [0.4, 0.5) is 13.2 Å². The van der Waals surface area contributed by atoms with E-state index in [1.807, 2.05) is 20.8 Å². The van der Waals surface area contributed by atoms with Gasteiger partial charge in [-0.3, -0.25) is 4.57 Å². The van der Waals surface area contributed by atoms with Crippen LogP contribution < -0.4 is 0 Å². The molecule has 28 heavy (non-hydrogen) atoms. The van der Waals surface area contributed by atoms with E-state index in [0.717, 1.165) is 12.1 Å². The minimum atomic E-state index is -3.45. The maximum absolute atomic E-state index is 13.0. The van der Waals surface area contributed by atoms with E-state index in [0.29, 0.717) is 19.8 Å². The number of hydrogen-bond acceptors (Lipinski definition) is 6. The van der Waals surface area contributed by atoms with Crippen molar-refractivity contribution in [2.75, 3.05) is 33.0 Å². The fourth-order valence-electron chi connectivity index (χ4n) is 1.87. The molecule has 1 aromatic rings. The van der Waals surface area contributed by atoms with E-state index in [4.69, 9.17) is 22.6 Å². The van der Waals surface area contributed by atoms with Gasteiger partial charge in [-0.15, -0.1) is 0 Å². The summed E-state index contributed by atoms with van der Waals surface area (Å²) in [6, 6.07) is 1.56. The van der Waals surface area contributed by atoms with Gasteiger partial charge < -0.3 is 22.6 Å². The van der Waals surface area contributed by atoms with Crippen molar-refractivity contribution in [3.05, 3.63) is 35.1 Å². The molecule has 0 saturated heterocycles. The summed E-state index contributed by atoms with van der Waals surface area (Å²) in [5, 5.41) is 0. The molecule has 0 N–H and O–H groups in total. The van der Waals surface area contributed by atoms with Gasteiger partial charge in [0, 0.05) is 0 Å². The molecule has 0 atom stereocenters. The summed E-state index contributed by atoms with van der Waals surface area (Å²) in [7, 11) is -4.51. The van der Waals surface area contributed by atoms with Gasteiger partial charge in [0.2, 0.25) is 0 Å². The van der Waals surface area contributed by atoms with Crippen molar-refractivity contribution in [1.82, 2.24) is 0 Å². The van der Waals surface area contributed by atoms with Gasteiger partial charge >= 0.3 is 16.2 Å². The quantitative estimate of drug-likeness (QED) is 0.281. The summed E-state index contributed by atoms with van der Waals surface area (Å²) < 4.78 is 76.3. The molecule has 0 heterocycles. The second kappa shape index (κ2) is 15.3. The number of benzene rings is 1. The second-order valence-corrected chi connectivity index (χ2v) is 8.23. The Morgan fingerprint density at radius 1 is 0.786 bits per heavy atom. The van der Waals surface area contributed by atoms with Crippen molar-refractivity contribution < 1.29 is 40.4 Å². The maximum Gasteiger partial charge on any atom is 0.335 e. The Morgan fingerprint density at radius 2 is 1.18 bits per heavy atom. The normalized spacial score (nSPS) is 11.5. The highest BCUT2D eigenvalue weighted by atomic mass is 31.2. The van der Waals surface area contributed by atoms with Gasteiger partial charge in [0.1, 0.15) is 0 Å². The lowest BCUT2D eigenvalue weighted by Crippen LogP contribution is -2.01. The third kappa shape index (κ3) is 10.9. The van der Waals surface area contributed by atoms with E-state index in [9.17, 15) is 17.7 Å². The highest BCUT2D eigenvalue weighted by Gasteiger charge is 2.25. The minimum Gasteiger partial charge on any atom is -0.313 e. The van der Waals surface area contributed by atoms with E-state index >= 15 is 0 Å². The summed E-state index contributed by atoms with van der Waals surface area (Å²) in [5.74, 6) is -4.21. The predicted octanol–water partition coefficient (Wildman–Crippen LogP) is 6.19. The molecule has 0 spiro atoms. The van der Waals surface area contributed by atoms with Crippen LogP contribution in [-0.2, 0) is 33.3 Å². The summed E-state index contributed by atoms with van der Waals surface area (Å²) in [4.78, 5) is 0. The summed E-state index contributed by atoms with van der Waals surface area (Å²) in [6.07, 6.45) is -0.303. The Morgan fingerprint density at radius 3 is 1.50 bits per heavy atom. The molecule has 0 aliphatic carbocycles. The first-order chi connectivity index (χ1) is 13.3. The van der Waals surface area contributed by atoms with E-state index in [2.05, 4.69) is 0 Å². The molecule has 0 fully saturated rings. The first-order valence-corrected chi connectivity index (χ1v) is 11.8. The third-order valence-electron chi connectivity index (χ3n) is 2.77. The molecule has 0 aliphatic heterocycles. The molecular weight excluding hydrogens is 419 g/mol.